The first-order chi connectivity index (χ1) is 16.8. The average Bonchev–Trinajstić information content (AvgIpc) is 3.24. The highest BCUT2D eigenvalue weighted by molar-refractivity contribution is 5.95. The van der Waals surface area contributed by atoms with Crippen LogP contribution in [0.4, 0.5) is 18.9 Å². The lowest BCUT2D eigenvalue weighted by molar-refractivity contribution is -0.274. The van der Waals surface area contributed by atoms with Crippen molar-refractivity contribution in [1.82, 2.24) is 14.5 Å². The Morgan fingerprint density at radius 2 is 1.97 bits per heavy atom. The first kappa shape index (κ1) is 24.1. The Balaban J connectivity index is 1.40. The second-order valence-electron chi connectivity index (χ2n) is 7.96. The minimum Gasteiger partial charge on any atom is -0.495 e. The molecule has 0 unspecified atom stereocenters. The maximum absolute atomic E-state index is 12.8. The highest BCUT2D eigenvalue weighted by Crippen LogP contribution is 2.28. The summed E-state index contributed by atoms with van der Waals surface area (Å²) in [4.78, 5) is 20.4. The number of rotatable bonds is 7. The number of benzene rings is 2. The number of hydrogen-bond acceptors (Lipinski definition) is 6. The Morgan fingerprint density at radius 3 is 2.69 bits per heavy atom. The van der Waals surface area contributed by atoms with Gasteiger partial charge in [0.15, 0.2) is 0 Å². The highest BCUT2D eigenvalue weighted by Gasteiger charge is 2.32. The average molecular weight is 485 g/mol. The monoisotopic (exact) mass is 485 g/mol. The minimum absolute atomic E-state index is 0.111. The number of alkyl halides is 3. The summed E-state index contributed by atoms with van der Waals surface area (Å²) in [7, 11) is 1.51. The third-order valence-electron chi connectivity index (χ3n) is 5.59. The Kier molecular flexibility index (Phi) is 6.93. The molecule has 0 aliphatic carbocycles. The molecule has 35 heavy (non-hydrogen) atoms. The number of carbonyl (C=O) groups excluding carboxylic acids is 1. The van der Waals surface area contributed by atoms with Gasteiger partial charge in [-0.3, -0.25) is 9.69 Å². The van der Waals surface area contributed by atoms with Gasteiger partial charge in [-0.1, -0.05) is 12.1 Å². The zero-order chi connectivity index (χ0) is 25.0. The molecule has 0 atom stereocenters. The predicted molar refractivity (Wildman–Crippen MR) is 120 cm³/mol. The standard InChI is InChI=1S/C24H22F3N5O3/c1-34-22-9-17(5-6-18(22)11-28)13-31-16-29-12-20(31)14-30-7-8-32(23(33)15-30)19-3-2-4-21(10-19)35-24(25,26)27/h2-6,9-10,12,16H,7-8,13-15H2,1H3. The zero-order valence-electron chi connectivity index (χ0n) is 18.8. The molecule has 1 aliphatic rings. The van der Waals surface area contributed by atoms with Crippen LogP contribution in [0.3, 0.4) is 0 Å². The largest absolute Gasteiger partial charge is 0.573 e. The van der Waals surface area contributed by atoms with Crippen LogP contribution in [0.25, 0.3) is 0 Å². The molecule has 3 aromatic rings. The van der Waals surface area contributed by atoms with E-state index >= 15 is 0 Å². The van der Waals surface area contributed by atoms with Gasteiger partial charge in [0.1, 0.15) is 17.6 Å². The van der Waals surface area contributed by atoms with Crippen molar-refractivity contribution in [1.29, 1.82) is 5.26 Å². The lowest BCUT2D eigenvalue weighted by atomic mass is 10.1. The number of nitrogens with zero attached hydrogens (tertiary/aromatic N) is 5. The molecule has 2 heterocycles. The number of piperazine rings is 1. The lowest BCUT2D eigenvalue weighted by Crippen LogP contribution is -2.50. The number of anilines is 1. The molecule has 1 saturated heterocycles. The molecule has 0 spiro atoms. The molecule has 11 heteroatoms. The van der Waals surface area contributed by atoms with E-state index in [1.807, 2.05) is 15.5 Å². The predicted octanol–water partition coefficient (Wildman–Crippen LogP) is 3.56. The van der Waals surface area contributed by atoms with E-state index in [4.69, 9.17) is 10.00 Å². The van der Waals surface area contributed by atoms with Crippen molar-refractivity contribution in [3.63, 3.8) is 0 Å². The molecular formula is C24H22F3N5O3. The summed E-state index contributed by atoms with van der Waals surface area (Å²) in [6, 6.07) is 12.9. The molecule has 1 aliphatic heterocycles. The van der Waals surface area contributed by atoms with Crippen LogP contribution in [0, 0.1) is 11.3 Å². The number of carbonyl (C=O) groups is 1. The topological polar surface area (TPSA) is 83.6 Å². The fraction of sp³-hybridized carbons (Fsp3) is 0.292. The molecule has 0 saturated carbocycles. The van der Waals surface area contributed by atoms with Crippen molar-refractivity contribution < 1.29 is 27.4 Å². The molecule has 2 aromatic carbocycles. The van der Waals surface area contributed by atoms with Crippen molar-refractivity contribution in [2.24, 2.45) is 0 Å². The van der Waals surface area contributed by atoms with Crippen LogP contribution in [0.5, 0.6) is 11.5 Å². The van der Waals surface area contributed by atoms with Crippen molar-refractivity contribution in [3.05, 3.63) is 71.8 Å². The van der Waals surface area contributed by atoms with Gasteiger partial charge in [-0.2, -0.15) is 5.26 Å². The maximum Gasteiger partial charge on any atom is 0.573 e. The first-order valence-electron chi connectivity index (χ1n) is 10.7. The Labute approximate surface area is 199 Å². The van der Waals surface area contributed by atoms with Crippen LogP contribution in [0.1, 0.15) is 16.8 Å². The molecule has 1 fully saturated rings. The quantitative estimate of drug-likeness (QED) is 0.509. The molecule has 8 nitrogen and oxygen atoms in total. The van der Waals surface area contributed by atoms with Gasteiger partial charge in [0.2, 0.25) is 5.91 Å². The van der Waals surface area contributed by atoms with E-state index in [2.05, 4.69) is 15.8 Å². The number of hydrogen-bond donors (Lipinski definition) is 0. The second-order valence-corrected chi connectivity index (χ2v) is 7.96. The molecular weight excluding hydrogens is 463 g/mol. The minimum atomic E-state index is -4.80. The smallest absolute Gasteiger partial charge is 0.495 e. The van der Waals surface area contributed by atoms with E-state index in [1.165, 1.54) is 30.2 Å². The zero-order valence-corrected chi connectivity index (χ0v) is 18.8. The van der Waals surface area contributed by atoms with Crippen LogP contribution in [0.2, 0.25) is 0 Å². The molecule has 0 radical (unpaired) electrons. The second kappa shape index (κ2) is 10.1. The summed E-state index contributed by atoms with van der Waals surface area (Å²) in [6.07, 6.45) is -1.37. The van der Waals surface area contributed by atoms with Gasteiger partial charge in [-0.25, -0.2) is 4.98 Å². The van der Waals surface area contributed by atoms with E-state index in [1.54, 1.807) is 30.7 Å². The molecule has 182 valence electrons. The van der Waals surface area contributed by atoms with Crippen LogP contribution >= 0.6 is 0 Å². The fourth-order valence-electron chi connectivity index (χ4n) is 3.95. The summed E-state index contributed by atoms with van der Waals surface area (Å²) < 4.78 is 48.8. The Morgan fingerprint density at radius 1 is 1.14 bits per heavy atom. The van der Waals surface area contributed by atoms with Crippen LogP contribution < -0.4 is 14.4 Å². The third-order valence-corrected chi connectivity index (χ3v) is 5.59. The highest BCUT2D eigenvalue weighted by atomic mass is 19.4. The van der Waals surface area contributed by atoms with Gasteiger partial charge in [0.25, 0.3) is 0 Å². The maximum atomic E-state index is 12.8. The summed E-state index contributed by atoms with van der Waals surface area (Å²) in [5, 5.41) is 9.16. The van der Waals surface area contributed by atoms with Crippen molar-refractivity contribution >= 4 is 11.6 Å². The summed E-state index contributed by atoms with van der Waals surface area (Å²) in [5.74, 6) is -0.0880. The van der Waals surface area contributed by atoms with E-state index in [0.717, 1.165) is 11.3 Å². The van der Waals surface area contributed by atoms with Crippen molar-refractivity contribution in [2.45, 2.75) is 19.5 Å². The third kappa shape index (κ3) is 5.91. The molecule has 0 bridgehead atoms. The van der Waals surface area contributed by atoms with Gasteiger partial charge in [-0.15, -0.1) is 13.2 Å². The van der Waals surface area contributed by atoms with E-state index < -0.39 is 6.36 Å². The molecule has 0 N–H and O–H groups in total. The van der Waals surface area contributed by atoms with Crippen molar-refractivity contribution in [2.75, 3.05) is 31.6 Å². The number of halogens is 3. The summed E-state index contributed by atoms with van der Waals surface area (Å²) >= 11 is 0. The van der Waals surface area contributed by atoms with Gasteiger partial charge in [0, 0.05) is 44.1 Å². The number of nitriles is 1. The number of ether oxygens (including phenoxy) is 2. The summed E-state index contributed by atoms with van der Waals surface area (Å²) in [6.45, 7) is 1.96. The number of imidazole rings is 1. The van der Waals surface area contributed by atoms with E-state index in [0.29, 0.717) is 43.2 Å². The number of amides is 1. The Bertz CT molecular complexity index is 1250. The van der Waals surface area contributed by atoms with E-state index in [9.17, 15) is 18.0 Å². The molecule has 1 aromatic heterocycles. The number of methoxy groups -OCH3 is 1. The van der Waals surface area contributed by atoms with Crippen LogP contribution in [0.15, 0.2) is 55.0 Å². The van der Waals surface area contributed by atoms with Gasteiger partial charge >= 0.3 is 6.36 Å². The van der Waals surface area contributed by atoms with Gasteiger partial charge in [-0.05, 0) is 29.8 Å². The first-order valence-corrected chi connectivity index (χ1v) is 10.7. The lowest BCUT2D eigenvalue weighted by Gasteiger charge is -2.34. The number of aromatic nitrogens is 2. The van der Waals surface area contributed by atoms with Gasteiger partial charge < -0.3 is 18.9 Å². The van der Waals surface area contributed by atoms with Crippen LogP contribution in [-0.4, -0.2) is 53.5 Å². The molecule has 1 amide bonds. The van der Waals surface area contributed by atoms with Crippen molar-refractivity contribution in [3.8, 4) is 17.6 Å². The Hall–Kier alpha value is -4.04. The van der Waals surface area contributed by atoms with Gasteiger partial charge in [0.05, 0.1) is 31.2 Å². The SMILES string of the molecule is COc1cc(Cn2cncc2CN2CCN(c3cccc(OC(F)(F)F)c3)C(=O)C2)ccc1C#N. The van der Waals surface area contributed by atoms with E-state index in [-0.39, 0.29) is 18.2 Å². The van der Waals surface area contributed by atoms with Crippen LogP contribution in [-0.2, 0) is 17.9 Å². The normalized spacial score (nSPS) is 14.6. The fourth-order valence-corrected chi connectivity index (χ4v) is 3.95. The summed E-state index contributed by atoms with van der Waals surface area (Å²) in [5.41, 5.74) is 2.64. The molecule has 4 rings (SSSR count).